The summed E-state index contributed by atoms with van der Waals surface area (Å²) in [7, 11) is -4.20. The molecule has 0 spiro atoms. The second kappa shape index (κ2) is 5.27. The lowest BCUT2D eigenvalue weighted by Gasteiger charge is -2.30. The number of Topliss-reactive ketones (excluding diaryl/α,β-unsaturated/α-hetero) is 2. The van der Waals surface area contributed by atoms with Gasteiger partial charge in [-0.3, -0.25) is 9.59 Å². The van der Waals surface area contributed by atoms with Crippen LogP contribution in [0.2, 0.25) is 0 Å². The summed E-state index contributed by atoms with van der Waals surface area (Å²) < 4.78 is 27.4. The molecule has 1 aliphatic carbocycles. The zero-order valence-corrected chi connectivity index (χ0v) is 12.2. The lowest BCUT2D eigenvalue weighted by atomic mass is 9.88. The van der Waals surface area contributed by atoms with Crippen LogP contribution in [0.4, 0.5) is 0 Å². The van der Waals surface area contributed by atoms with Crippen molar-refractivity contribution >= 4 is 33.0 Å². The summed E-state index contributed by atoms with van der Waals surface area (Å²) in [4.78, 5) is 23.6. The van der Waals surface area contributed by atoms with Gasteiger partial charge in [-0.2, -0.15) is 0 Å². The highest BCUT2D eigenvalue weighted by Gasteiger charge is 2.52. The number of ketones is 2. The summed E-state index contributed by atoms with van der Waals surface area (Å²) in [6.45, 7) is 4.54. The maximum Gasteiger partial charge on any atom is 0.242 e. The molecule has 0 N–H and O–H groups in total. The van der Waals surface area contributed by atoms with Crippen molar-refractivity contribution in [3.8, 4) is 0 Å². The van der Waals surface area contributed by atoms with Gasteiger partial charge in [-0.15, -0.1) is 0 Å². The third kappa shape index (κ3) is 2.75. The Hall–Kier alpha value is -0.460. The molecule has 7 heteroatoms. The second-order valence-corrected chi connectivity index (χ2v) is 7.92. The molecule has 1 rings (SSSR count). The first kappa shape index (κ1) is 15.6. The fourth-order valence-electron chi connectivity index (χ4n) is 2.05. The minimum atomic E-state index is -4.20. The van der Waals surface area contributed by atoms with Crippen molar-refractivity contribution < 1.29 is 22.7 Å². The van der Waals surface area contributed by atoms with Crippen molar-refractivity contribution in [2.75, 3.05) is 6.61 Å². The van der Waals surface area contributed by atoms with Crippen molar-refractivity contribution in [1.29, 1.82) is 0 Å². The van der Waals surface area contributed by atoms with E-state index in [0.29, 0.717) is 0 Å². The van der Waals surface area contributed by atoms with Gasteiger partial charge in [-0.1, -0.05) is 18.5 Å². The van der Waals surface area contributed by atoms with E-state index in [1.807, 2.05) is 0 Å². The number of halogens is 1. The summed E-state index contributed by atoms with van der Waals surface area (Å²) in [5.74, 6) is -1.30. The Morgan fingerprint density at radius 3 is 2.17 bits per heavy atom. The predicted octanol–water partition coefficient (Wildman–Crippen LogP) is 1.29. The molecule has 1 atom stereocenters. The number of alkyl halides is 1. The molecule has 1 saturated carbocycles. The van der Waals surface area contributed by atoms with Gasteiger partial charge >= 0.3 is 0 Å². The molecule has 0 heterocycles. The van der Waals surface area contributed by atoms with Crippen LogP contribution in [-0.4, -0.2) is 36.2 Å². The van der Waals surface area contributed by atoms with Gasteiger partial charge in [0.1, 0.15) is 0 Å². The Kier molecular flexibility index (Phi) is 4.56. The molecular weight excluding hydrogens is 280 g/mol. The SMILES string of the molecule is CCOC(C)(Cl)S(=O)(=O)C1C(=O)CC(C)CC1=O. The van der Waals surface area contributed by atoms with Gasteiger partial charge in [-0.25, -0.2) is 8.42 Å². The highest BCUT2D eigenvalue weighted by Crippen LogP contribution is 2.33. The summed E-state index contributed by atoms with van der Waals surface area (Å²) in [5, 5.41) is -1.68. The minimum absolute atomic E-state index is 0.0741. The Balaban J connectivity index is 3.12. The van der Waals surface area contributed by atoms with Gasteiger partial charge in [0.05, 0.1) is 0 Å². The van der Waals surface area contributed by atoms with Crippen molar-refractivity contribution in [2.24, 2.45) is 5.92 Å². The van der Waals surface area contributed by atoms with Crippen LogP contribution >= 0.6 is 11.6 Å². The van der Waals surface area contributed by atoms with Gasteiger partial charge in [0.15, 0.2) is 16.8 Å². The monoisotopic (exact) mass is 296 g/mol. The molecule has 1 aliphatic rings. The van der Waals surface area contributed by atoms with Crippen LogP contribution in [-0.2, 0) is 24.2 Å². The van der Waals surface area contributed by atoms with E-state index in [-0.39, 0.29) is 25.4 Å². The van der Waals surface area contributed by atoms with Gasteiger partial charge in [-0.05, 0) is 19.8 Å². The largest absolute Gasteiger partial charge is 0.347 e. The van der Waals surface area contributed by atoms with E-state index in [1.54, 1.807) is 13.8 Å². The standard InChI is InChI=1S/C11H17ClO5S/c1-4-17-11(3,12)18(15,16)10-8(13)5-7(2)6-9(10)14/h7,10H,4-6H2,1-3H3. The van der Waals surface area contributed by atoms with Crippen molar-refractivity contribution in [1.82, 2.24) is 0 Å². The third-order valence-corrected chi connectivity index (χ3v) is 5.94. The average Bonchev–Trinajstić information content (AvgIpc) is 2.14. The maximum absolute atomic E-state index is 12.2. The number of rotatable bonds is 4. The maximum atomic E-state index is 12.2. The normalized spacial score (nSPS) is 29.1. The Morgan fingerprint density at radius 1 is 1.33 bits per heavy atom. The topological polar surface area (TPSA) is 77.5 Å². The van der Waals surface area contributed by atoms with Crippen molar-refractivity contribution in [3.63, 3.8) is 0 Å². The van der Waals surface area contributed by atoms with E-state index < -0.39 is 31.0 Å². The predicted molar refractivity (Wildman–Crippen MR) is 67.0 cm³/mol. The molecule has 0 amide bonds. The fourth-order valence-corrected chi connectivity index (χ4v) is 4.01. The van der Waals surface area contributed by atoms with Crippen molar-refractivity contribution in [3.05, 3.63) is 0 Å². The molecule has 0 aliphatic heterocycles. The lowest BCUT2D eigenvalue weighted by molar-refractivity contribution is -0.130. The first-order chi connectivity index (χ1) is 8.13. The average molecular weight is 297 g/mol. The molecule has 1 fully saturated rings. The highest BCUT2D eigenvalue weighted by atomic mass is 35.5. The Bertz CT molecular complexity index is 436. The highest BCUT2D eigenvalue weighted by molar-refractivity contribution is 7.96. The number of sulfone groups is 1. The summed E-state index contributed by atoms with van der Waals surface area (Å²) in [6.07, 6.45) is 0.156. The van der Waals surface area contributed by atoms with Gasteiger partial charge in [0.2, 0.25) is 14.2 Å². The van der Waals surface area contributed by atoms with Gasteiger partial charge in [0, 0.05) is 19.4 Å². The molecule has 0 aromatic rings. The van der Waals surface area contributed by atoms with E-state index in [9.17, 15) is 18.0 Å². The van der Waals surface area contributed by atoms with Crippen LogP contribution in [0.3, 0.4) is 0 Å². The molecule has 5 nitrogen and oxygen atoms in total. The first-order valence-electron chi connectivity index (χ1n) is 5.75. The van der Waals surface area contributed by atoms with E-state index in [4.69, 9.17) is 16.3 Å². The van der Waals surface area contributed by atoms with E-state index >= 15 is 0 Å². The summed E-state index contributed by atoms with van der Waals surface area (Å²) in [5.41, 5.74) is 0. The van der Waals surface area contributed by atoms with E-state index in [1.165, 1.54) is 0 Å². The minimum Gasteiger partial charge on any atom is -0.347 e. The zero-order valence-electron chi connectivity index (χ0n) is 10.6. The fraction of sp³-hybridized carbons (Fsp3) is 0.818. The molecular formula is C11H17ClO5S. The molecule has 0 aromatic heterocycles. The Labute approximate surface area is 112 Å². The molecule has 0 saturated heterocycles. The number of hydrogen-bond donors (Lipinski definition) is 0. The van der Waals surface area contributed by atoms with E-state index in [2.05, 4.69) is 0 Å². The van der Waals surface area contributed by atoms with Crippen LogP contribution in [0.5, 0.6) is 0 Å². The zero-order chi connectivity index (χ0) is 14.1. The molecule has 104 valence electrons. The molecule has 1 unspecified atom stereocenters. The van der Waals surface area contributed by atoms with Crippen molar-refractivity contribution in [2.45, 2.75) is 43.3 Å². The van der Waals surface area contributed by atoms with Crippen LogP contribution < -0.4 is 0 Å². The lowest BCUT2D eigenvalue weighted by Crippen LogP contribution is -2.50. The van der Waals surface area contributed by atoms with Crippen LogP contribution in [0.25, 0.3) is 0 Å². The number of hydrogen-bond acceptors (Lipinski definition) is 5. The van der Waals surface area contributed by atoms with Crippen LogP contribution in [0, 0.1) is 5.92 Å². The number of carbonyl (C=O) groups excluding carboxylic acids is 2. The smallest absolute Gasteiger partial charge is 0.242 e. The second-order valence-electron chi connectivity index (χ2n) is 4.64. The van der Waals surface area contributed by atoms with Gasteiger partial charge in [0.25, 0.3) is 0 Å². The van der Waals surface area contributed by atoms with E-state index in [0.717, 1.165) is 6.92 Å². The van der Waals surface area contributed by atoms with Gasteiger partial charge < -0.3 is 4.74 Å². The summed E-state index contributed by atoms with van der Waals surface area (Å²) in [6, 6.07) is 0. The first-order valence-corrected chi connectivity index (χ1v) is 7.67. The molecule has 0 bridgehead atoms. The number of ether oxygens (including phenoxy) is 1. The van der Waals surface area contributed by atoms with Crippen LogP contribution in [0.1, 0.15) is 33.6 Å². The Morgan fingerprint density at radius 2 is 1.78 bits per heavy atom. The summed E-state index contributed by atoms with van der Waals surface area (Å²) >= 11 is 5.81. The quantitative estimate of drug-likeness (QED) is 0.577. The third-order valence-electron chi connectivity index (χ3n) is 2.90. The molecule has 0 aromatic carbocycles. The molecule has 18 heavy (non-hydrogen) atoms. The number of carbonyl (C=O) groups is 2. The van der Waals surface area contributed by atoms with Crippen LogP contribution in [0.15, 0.2) is 0 Å². The molecule has 0 radical (unpaired) electrons.